The molecule has 0 aliphatic heterocycles. The number of nitrogens with zero attached hydrogens (tertiary/aromatic N) is 6. The first-order valence-corrected chi connectivity index (χ1v) is 6.84. The summed E-state index contributed by atoms with van der Waals surface area (Å²) >= 11 is 0. The van der Waals surface area contributed by atoms with E-state index in [0.717, 1.165) is 22.9 Å². The van der Waals surface area contributed by atoms with Gasteiger partial charge in [0.2, 0.25) is 0 Å². The molecule has 4 aromatic rings. The van der Waals surface area contributed by atoms with Gasteiger partial charge in [0.25, 0.3) is 0 Å². The summed E-state index contributed by atoms with van der Waals surface area (Å²) in [5.74, 6) is 0.721. The van der Waals surface area contributed by atoms with Crippen molar-refractivity contribution in [1.29, 1.82) is 0 Å². The van der Waals surface area contributed by atoms with Crippen molar-refractivity contribution < 1.29 is 0 Å². The van der Waals surface area contributed by atoms with Crippen LogP contribution < -0.4 is 0 Å². The third kappa shape index (κ3) is 2.26. The van der Waals surface area contributed by atoms with Gasteiger partial charge in [-0.3, -0.25) is 4.98 Å². The van der Waals surface area contributed by atoms with Gasteiger partial charge in [0, 0.05) is 37.1 Å². The van der Waals surface area contributed by atoms with Crippen LogP contribution in [0.25, 0.3) is 22.9 Å². The topological polar surface area (TPSA) is 61.4 Å². The summed E-state index contributed by atoms with van der Waals surface area (Å²) in [6, 6.07) is 13.4. The Bertz CT molecular complexity index is 814. The zero-order valence-electron chi connectivity index (χ0n) is 11.6. The van der Waals surface area contributed by atoms with E-state index in [1.807, 2.05) is 54.9 Å². The molecule has 0 atom stereocenters. The molecule has 0 N–H and O–H groups in total. The monoisotopic (exact) mass is 288 g/mol. The van der Waals surface area contributed by atoms with Crippen molar-refractivity contribution in [3.05, 3.63) is 73.4 Å². The van der Waals surface area contributed by atoms with Crippen molar-refractivity contribution in [2.24, 2.45) is 0 Å². The van der Waals surface area contributed by atoms with Crippen LogP contribution in [0.15, 0.2) is 73.4 Å². The summed E-state index contributed by atoms with van der Waals surface area (Å²) in [7, 11) is 0. The summed E-state index contributed by atoms with van der Waals surface area (Å²) in [4.78, 5) is 9.02. The Morgan fingerprint density at radius 2 is 1.55 bits per heavy atom. The van der Waals surface area contributed by atoms with Crippen molar-refractivity contribution in [1.82, 2.24) is 29.5 Å². The molecule has 4 rings (SSSR count). The second kappa shape index (κ2) is 5.25. The molecule has 0 spiro atoms. The summed E-state index contributed by atoms with van der Waals surface area (Å²) in [6.45, 7) is 0. The van der Waals surface area contributed by atoms with Crippen LogP contribution in [0.3, 0.4) is 0 Å². The number of aromatic nitrogens is 6. The lowest BCUT2D eigenvalue weighted by atomic mass is 10.2. The highest BCUT2D eigenvalue weighted by molar-refractivity contribution is 5.59. The van der Waals surface area contributed by atoms with E-state index in [2.05, 4.69) is 20.2 Å². The maximum absolute atomic E-state index is 4.65. The summed E-state index contributed by atoms with van der Waals surface area (Å²) in [5, 5.41) is 8.53. The SMILES string of the molecule is c1ccc(-c2cc(-n3cccn3)cc(-n3cccn3)n2)nc1. The van der Waals surface area contributed by atoms with Gasteiger partial charge in [-0.1, -0.05) is 6.07 Å². The molecule has 22 heavy (non-hydrogen) atoms. The highest BCUT2D eigenvalue weighted by Gasteiger charge is 2.09. The second-order valence-corrected chi connectivity index (χ2v) is 4.69. The van der Waals surface area contributed by atoms with Crippen molar-refractivity contribution in [3.63, 3.8) is 0 Å². The number of hydrogen-bond acceptors (Lipinski definition) is 4. The first-order valence-electron chi connectivity index (χ1n) is 6.84. The molecule has 6 nitrogen and oxygen atoms in total. The zero-order valence-corrected chi connectivity index (χ0v) is 11.6. The van der Waals surface area contributed by atoms with E-state index in [9.17, 15) is 0 Å². The molecule has 0 unspecified atom stereocenters. The van der Waals surface area contributed by atoms with Crippen LogP contribution in [-0.2, 0) is 0 Å². The fraction of sp³-hybridized carbons (Fsp3) is 0. The Labute approximate surface area is 126 Å². The maximum atomic E-state index is 4.65. The number of rotatable bonds is 3. The molecular formula is C16H12N6. The normalized spacial score (nSPS) is 10.7. The molecule has 4 aromatic heterocycles. The average Bonchev–Trinajstić information content (AvgIpc) is 3.29. The minimum Gasteiger partial charge on any atom is -0.255 e. The second-order valence-electron chi connectivity index (χ2n) is 4.69. The molecule has 6 heteroatoms. The van der Waals surface area contributed by atoms with E-state index in [4.69, 9.17) is 0 Å². The highest BCUT2D eigenvalue weighted by Crippen LogP contribution is 2.20. The third-order valence-corrected chi connectivity index (χ3v) is 3.23. The van der Waals surface area contributed by atoms with Crippen molar-refractivity contribution in [2.75, 3.05) is 0 Å². The van der Waals surface area contributed by atoms with Crippen molar-refractivity contribution in [3.8, 4) is 22.9 Å². The molecular weight excluding hydrogens is 276 g/mol. The minimum absolute atomic E-state index is 0.721. The maximum Gasteiger partial charge on any atom is 0.156 e. The molecule has 4 heterocycles. The summed E-state index contributed by atoms with van der Waals surface area (Å²) in [5.41, 5.74) is 2.50. The van der Waals surface area contributed by atoms with Gasteiger partial charge in [-0.25, -0.2) is 14.3 Å². The van der Waals surface area contributed by atoms with Gasteiger partial charge in [-0.2, -0.15) is 10.2 Å². The smallest absolute Gasteiger partial charge is 0.156 e. The van der Waals surface area contributed by atoms with E-state index in [1.54, 1.807) is 28.0 Å². The number of hydrogen-bond donors (Lipinski definition) is 0. The Morgan fingerprint density at radius 3 is 2.23 bits per heavy atom. The van der Waals surface area contributed by atoms with E-state index < -0.39 is 0 Å². The molecule has 106 valence electrons. The Hall–Kier alpha value is -3.28. The lowest BCUT2D eigenvalue weighted by Crippen LogP contribution is -2.03. The fourth-order valence-electron chi connectivity index (χ4n) is 2.22. The van der Waals surface area contributed by atoms with E-state index >= 15 is 0 Å². The third-order valence-electron chi connectivity index (χ3n) is 3.23. The van der Waals surface area contributed by atoms with Gasteiger partial charge in [0.05, 0.1) is 17.1 Å². The van der Waals surface area contributed by atoms with Crippen LogP contribution in [0, 0.1) is 0 Å². The van der Waals surface area contributed by atoms with E-state index in [1.165, 1.54) is 0 Å². The van der Waals surface area contributed by atoms with Gasteiger partial charge in [0.15, 0.2) is 5.82 Å². The molecule has 0 aromatic carbocycles. The van der Waals surface area contributed by atoms with Crippen molar-refractivity contribution >= 4 is 0 Å². The molecule has 0 aliphatic rings. The van der Waals surface area contributed by atoms with Gasteiger partial charge >= 0.3 is 0 Å². The Kier molecular flexibility index (Phi) is 2.97. The van der Waals surface area contributed by atoms with Gasteiger partial charge in [-0.05, 0) is 30.3 Å². The average molecular weight is 288 g/mol. The van der Waals surface area contributed by atoms with Crippen LogP contribution >= 0.6 is 0 Å². The van der Waals surface area contributed by atoms with Gasteiger partial charge in [-0.15, -0.1) is 0 Å². The van der Waals surface area contributed by atoms with Crippen LogP contribution in [-0.4, -0.2) is 29.5 Å². The van der Waals surface area contributed by atoms with Crippen molar-refractivity contribution in [2.45, 2.75) is 0 Å². The predicted octanol–water partition coefficient (Wildman–Crippen LogP) is 2.51. The fourth-order valence-corrected chi connectivity index (χ4v) is 2.22. The molecule has 0 saturated heterocycles. The van der Waals surface area contributed by atoms with Gasteiger partial charge in [0.1, 0.15) is 0 Å². The van der Waals surface area contributed by atoms with Crippen LogP contribution in [0.5, 0.6) is 0 Å². The molecule has 0 aliphatic carbocycles. The van der Waals surface area contributed by atoms with Crippen LogP contribution in [0.1, 0.15) is 0 Å². The zero-order chi connectivity index (χ0) is 14.8. The molecule has 0 radical (unpaired) electrons. The lowest BCUT2D eigenvalue weighted by Gasteiger charge is -2.09. The Balaban J connectivity index is 1.91. The quantitative estimate of drug-likeness (QED) is 0.581. The number of pyridine rings is 2. The summed E-state index contributed by atoms with van der Waals surface area (Å²) < 4.78 is 3.51. The minimum atomic E-state index is 0.721. The molecule has 0 bridgehead atoms. The van der Waals surface area contributed by atoms with Gasteiger partial charge < -0.3 is 0 Å². The van der Waals surface area contributed by atoms with Crippen LogP contribution in [0.2, 0.25) is 0 Å². The molecule has 0 amide bonds. The molecule has 0 saturated carbocycles. The van der Waals surface area contributed by atoms with E-state index in [0.29, 0.717) is 0 Å². The Morgan fingerprint density at radius 1 is 0.727 bits per heavy atom. The van der Waals surface area contributed by atoms with E-state index in [-0.39, 0.29) is 0 Å². The standard InChI is InChI=1S/C16H12N6/c1-2-6-17-14(5-1)15-11-13(21-9-3-7-18-21)12-16(20-15)22-10-4-8-19-22/h1-12H. The first kappa shape index (κ1) is 12.5. The highest BCUT2D eigenvalue weighted by atomic mass is 15.3. The summed E-state index contributed by atoms with van der Waals surface area (Å²) in [6.07, 6.45) is 8.98. The largest absolute Gasteiger partial charge is 0.255 e. The van der Waals surface area contributed by atoms with Crippen LogP contribution in [0.4, 0.5) is 0 Å². The predicted molar refractivity (Wildman–Crippen MR) is 81.7 cm³/mol. The first-order chi connectivity index (χ1) is 10.9. The lowest BCUT2D eigenvalue weighted by molar-refractivity contribution is 0.830. The molecule has 0 fully saturated rings.